The first-order valence-corrected chi connectivity index (χ1v) is 3.12. The average molecular weight is 161 g/mol. The van der Waals surface area contributed by atoms with Gasteiger partial charge in [-0.3, -0.25) is 9.97 Å². The smallest absolute Gasteiger partial charge is 0.0555 e. The van der Waals surface area contributed by atoms with Crippen LogP contribution < -0.4 is 0 Å². The maximum absolute atomic E-state index is 3.92. The first-order valence-electron chi connectivity index (χ1n) is 3.12. The first kappa shape index (κ1) is 12.1. The molecule has 0 atom stereocenters. The van der Waals surface area contributed by atoms with Crippen LogP contribution in [-0.4, -0.2) is 9.97 Å². The summed E-state index contributed by atoms with van der Waals surface area (Å²) in [6.45, 7) is 5.91. The van der Waals surface area contributed by atoms with Crippen molar-refractivity contribution in [1.29, 1.82) is 0 Å². The average Bonchev–Trinajstić information content (AvgIpc) is 1.94. The van der Waals surface area contributed by atoms with Crippen LogP contribution in [0.2, 0.25) is 0 Å². The van der Waals surface area contributed by atoms with Crippen LogP contribution in [0.4, 0.5) is 0 Å². The summed E-state index contributed by atoms with van der Waals surface area (Å²) in [5.74, 6) is 0. The van der Waals surface area contributed by atoms with Gasteiger partial charge >= 0.3 is 0 Å². The Kier molecular flexibility index (Phi) is 10.1. The lowest BCUT2D eigenvalue weighted by Gasteiger charge is -1.81. The third-order valence-electron chi connectivity index (χ3n) is 0.692. The standard InChI is InChI=1S/C5H6N2.C2H6.ClH/c1-5-4-6-2-3-7-5;1-2;/h2-4H,1H3;1-2H3;1H. The van der Waals surface area contributed by atoms with E-state index in [1.54, 1.807) is 18.6 Å². The highest BCUT2D eigenvalue weighted by molar-refractivity contribution is 5.85. The summed E-state index contributed by atoms with van der Waals surface area (Å²) in [4.78, 5) is 7.74. The minimum Gasteiger partial charge on any atom is -0.261 e. The zero-order valence-corrected chi connectivity index (χ0v) is 7.35. The van der Waals surface area contributed by atoms with Crippen LogP contribution in [0, 0.1) is 6.92 Å². The van der Waals surface area contributed by atoms with Gasteiger partial charge in [0.2, 0.25) is 0 Å². The fourth-order valence-corrected chi connectivity index (χ4v) is 0.374. The number of aromatic nitrogens is 2. The molecule has 0 amide bonds. The Balaban J connectivity index is 0. The van der Waals surface area contributed by atoms with E-state index < -0.39 is 0 Å². The summed E-state index contributed by atoms with van der Waals surface area (Å²) >= 11 is 0. The van der Waals surface area contributed by atoms with Crippen LogP contribution in [0.15, 0.2) is 18.6 Å². The van der Waals surface area contributed by atoms with E-state index in [9.17, 15) is 0 Å². The molecule has 0 N–H and O–H groups in total. The van der Waals surface area contributed by atoms with Crippen molar-refractivity contribution in [3.05, 3.63) is 24.3 Å². The van der Waals surface area contributed by atoms with Crippen molar-refractivity contribution in [1.82, 2.24) is 9.97 Å². The van der Waals surface area contributed by atoms with E-state index in [1.807, 2.05) is 20.8 Å². The Morgan fingerprint density at radius 3 is 2.00 bits per heavy atom. The minimum absolute atomic E-state index is 0. The lowest BCUT2D eigenvalue weighted by molar-refractivity contribution is 1.12. The van der Waals surface area contributed by atoms with Crippen LogP contribution in [-0.2, 0) is 0 Å². The molecule has 58 valence electrons. The molecular formula is C7H13ClN2. The fourth-order valence-electron chi connectivity index (χ4n) is 0.374. The minimum atomic E-state index is 0. The van der Waals surface area contributed by atoms with Gasteiger partial charge < -0.3 is 0 Å². The predicted octanol–water partition coefficient (Wildman–Crippen LogP) is 2.23. The molecule has 1 heterocycles. The van der Waals surface area contributed by atoms with Crippen molar-refractivity contribution in [2.45, 2.75) is 20.8 Å². The SMILES string of the molecule is CC.Cc1cnccn1.Cl. The first-order chi connectivity index (χ1) is 4.39. The number of rotatable bonds is 0. The number of aryl methyl sites for hydroxylation is 1. The van der Waals surface area contributed by atoms with Gasteiger partial charge in [-0.15, -0.1) is 12.4 Å². The normalized spacial score (nSPS) is 6.70. The van der Waals surface area contributed by atoms with Gasteiger partial charge in [0.15, 0.2) is 0 Å². The Hall–Kier alpha value is -0.630. The number of hydrogen-bond acceptors (Lipinski definition) is 2. The van der Waals surface area contributed by atoms with Crippen molar-refractivity contribution in [3.8, 4) is 0 Å². The van der Waals surface area contributed by atoms with Gasteiger partial charge in [-0.05, 0) is 6.92 Å². The van der Waals surface area contributed by atoms with E-state index in [2.05, 4.69) is 9.97 Å². The molecule has 0 saturated heterocycles. The molecule has 3 heteroatoms. The van der Waals surface area contributed by atoms with E-state index in [4.69, 9.17) is 0 Å². The summed E-state index contributed by atoms with van der Waals surface area (Å²) in [6, 6.07) is 0. The zero-order chi connectivity index (χ0) is 7.11. The van der Waals surface area contributed by atoms with E-state index in [0.29, 0.717) is 0 Å². The van der Waals surface area contributed by atoms with Crippen LogP contribution in [0.25, 0.3) is 0 Å². The van der Waals surface area contributed by atoms with Crippen LogP contribution in [0.5, 0.6) is 0 Å². The summed E-state index contributed by atoms with van der Waals surface area (Å²) < 4.78 is 0. The van der Waals surface area contributed by atoms with Gasteiger partial charge in [-0.25, -0.2) is 0 Å². The molecule has 0 unspecified atom stereocenters. The molecule has 0 aliphatic carbocycles. The highest BCUT2D eigenvalue weighted by atomic mass is 35.5. The molecule has 1 aromatic rings. The molecule has 1 aromatic heterocycles. The maximum Gasteiger partial charge on any atom is 0.0555 e. The highest BCUT2D eigenvalue weighted by Crippen LogP contribution is 1.81. The molecule has 0 bridgehead atoms. The quantitative estimate of drug-likeness (QED) is 0.582. The highest BCUT2D eigenvalue weighted by Gasteiger charge is 1.74. The van der Waals surface area contributed by atoms with Gasteiger partial charge in [-0.1, -0.05) is 13.8 Å². The van der Waals surface area contributed by atoms with Crippen molar-refractivity contribution in [2.75, 3.05) is 0 Å². The summed E-state index contributed by atoms with van der Waals surface area (Å²) in [5.41, 5.74) is 0.961. The Bertz CT molecular complexity index is 142. The van der Waals surface area contributed by atoms with E-state index in [0.717, 1.165) is 5.69 Å². The van der Waals surface area contributed by atoms with Crippen molar-refractivity contribution in [3.63, 3.8) is 0 Å². The van der Waals surface area contributed by atoms with Gasteiger partial charge in [-0.2, -0.15) is 0 Å². The summed E-state index contributed by atoms with van der Waals surface area (Å²) in [7, 11) is 0. The van der Waals surface area contributed by atoms with E-state index in [1.165, 1.54) is 0 Å². The molecule has 0 aliphatic rings. The molecule has 0 spiro atoms. The Labute approximate surface area is 68.1 Å². The monoisotopic (exact) mass is 160 g/mol. The molecular weight excluding hydrogens is 148 g/mol. The van der Waals surface area contributed by atoms with Crippen LogP contribution in [0.3, 0.4) is 0 Å². The molecule has 0 saturated carbocycles. The lowest BCUT2D eigenvalue weighted by atomic mass is 10.5. The molecule has 0 aromatic carbocycles. The van der Waals surface area contributed by atoms with Gasteiger partial charge in [0.25, 0.3) is 0 Å². The summed E-state index contributed by atoms with van der Waals surface area (Å²) in [6.07, 6.45) is 5.06. The Morgan fingerprint density at radius 2 is 1.80 bits per heavy atom. The second-order valence-corrected chi connectivity index (χ2v) is 1.35. The molecule has 0 fully saturated rings. The molecule has 1 rings (SSSR count). The third-order valence-corrected chi connectivity index (χ3v) is 0.692. The maximum atomic E-state index is 3.92. The van der Waals surface area contributed by atoms with Crippen molar-refractivity contribution >= 4 is 12.4 Å². The van der Waals surface area contributed by atoms with Crippen molar-refractivity contribution < 1.29 is 0 Å². The zero-order valence-electron chi connectivity index (χ0n) is 6.53. The Morgan fingerprint density at radius 1 is 1.20 bits per heavy atom. The molecule has 2 nitrogen and oxygen atoms in total. The topological polar surface area (TPSA) is 25.8 Å². The van der Waals surface area contributed by atoms with Crippen LogP contribution in [0.1, 0.15) is 19.5 Å². The largest absolute Gasteiger partial charge is 0.261 e. The molecule has 10 heavy (non-hydrogen) atoms. The second-order valence-electron chi connectivity index (χ2n) is 1.35. The number of hydrogen-bond donors (Lipinski definition) is 0. The van der Waals surface area contributed by atoms with Gasteiger partial charge in [0.1, 0.15) is 0 Å². The fraction of sp³-hybridized carbons (Fsp3) is 0.429. The molecule has 0 aliphatic heterocycles. The van der Waals surface area contributed by atoms with Gasteiger partial charge in [0.05, 0.1) is 5.69 Å². The number of nitrogens with zero attached hydrogens (tertiary/aromatic N) is 2. The van der Waals surface area contributed by atoms with E-state index in [-0.39, 0.29) is 12.4 Å². The summed E-state index contributed by atoms with van der Waals surface area (Å²) in [5, 5.41) is 0. The predicted molar refractivity (Wildman–Crippen MR) is 45.4 cm³/mol. The van der Waals surface area contributed by atoms with E-state index >= 15 is 0 Å². The third kappa shape index (κ3) is 5.51. The second kappa shape index (κ2) is 8.37. The molecule has 0 radical (unpaired) electrons. The van der Waals surface area contributed by atoms with Crippen LogP contribution >= 0.6 is 12.4 Å². The lowest BCUT2D eigenvalue weighted by Crippen LogP contribution is -1.77. The van der Waals surface area contributed by atoms with Crippen molar-refractivity contribution in [2.24, 2.45) is 0 Å². The number of halogens is 1. The van der Waals surface area contributed by atoms with Gasteiger partial charge in [0, 0.05) is 18.6 Å².